The zero-order chi connectivity index (χ0) is 24.7. The SMILES string of the molecule is CCOc1ccc(C(=O)N/N=C/c2ccc(-c3ccc(S(=O)(=O)Nc4ncccn4)cc3)o2)cc1. The average molecular weight is 492 g/mol. The van der Waals surface area contributed by atoms with Gasteiger partial charge in [-0.25, -0.2) is 28.5 Å². The summed E-state index contributed by atoms with van der Waals surface area (Å²) in [4.78, 5) is 20.0. The Morgan fingerprint density at radius 3 is 2.43 bits per heavy atom. The minimum Gasteiger partial charge on any atom is -0.494 e. The number of nitrogens with one attached hydrogen (secondary N) is 2. The van der Waals surface area contributed by atoms with Crippen molar-refractivity contribution < 1.29 is 22.4 Å². The molecule has 2 aromatic heterocycles. The lowest BCUT2D eigenvalue weighted by molar-refractivity contribution is 0.0955. The first kappa shape index (κ1) is 23.6. The van der Waals surface area contributed by atoms with Crippen LogP contribution in [-0.4, -0.2) is 37.1 Å². The topological polar surface area (TPSA) is 136 Å². The van der Waals surface area contributed by atoms with Crippen LogP contribution in [0.5, 0.6) is 5.75 Å². The summed E-state index contributed by atoms with van der Waals surface area (Å²) in [5.74, 6) is 1.21. The van der Waals surface area contributed by atoms with Gasteiger partial charge in [-0.1, -0.05) is 0 Å². The first-order valence-corrected chi connectivity index (χ1v) is 12.0. The molecular formula is C24H21N5O5S. The molecule has 0 radical (unpaired) electrons. The van der Waals surface area contributed by atoms with Crippen LogP contribution < -0.4 is 14.9 Å². The number of furan rings is 1. The van der Waals surface area contributed by atoms with Crippen molar-refractivity contribution in [2.75, 3.05) is 11.3 Å². The Balaban J connectivity index is 1.37. The maximum absolute atomic E-state index is 12.5. The summed E-state index contributed by atoms with van der Waals surface area (Å²) < 4.78 is 38.4. The Bertz CT molecular complexity index is 1420. The van der Waals surface area contributed by atoms with Crippen LogP contribution in [0.2, 0.25) is 0 Å². The molecule has 0 aliphatic rings. The smallest absolute Gasteiger partial charge is 0.271 e. The molecule has 0 aliphatic heterocycles. The number of nitrogens with zero attached hydrogens (tertiary/aromatic N) is 3. The van der Waals surface area contributed by atoms with Crippen LogP contribution in [0.15, 0.2) is 93.5 Å². The van der Waals surface area contributed by atoms with Gasteiger partial charge in [0.1, 0.15) is 17.3 Å². The standard InChI is InChI=1S/C24H21N5O5S/c1-2-33-19-8-4-18(5-9-19)23(30)28-27-16-20-10-13-22(34-20)17-6-11-21(12-7-17)35(31,32)29-24-25-14-3-15-26-24/h3-16H,2H2,1H3,(H,28,30)(H,25,26,29)/b27-16+. The van der Waals surface area contributed by atoms with Gasteiger partial charge >= 0.3 is 0 Å². The summed E-state index contributed by atoms with van der Waals surface area (Å²) in [6, 6.07) is 17.8. The van der Waals surface area contributed by atoms with E-state index in [1.54, 1.807) is 54.6 Å². The van der Waals surface area contributed by atoms with Crippen molar-refractivity contribution in [3.63, 3.8) is 0 Å². The summed E-state index contributed by atoms with van der Waals surface area (Å²) >= 11 is 0. The zero-order valence-electron chi connectivity index (χ0n) is 18.6. The Labute approximate surface area is 201 Å². The predicted octanol–water partition coefficient (Wildman–Crippen LogP) is 3.70. The van der Waals surface area contributed by atoms with Crippen LogP contribution in [0.3, 0.4) is 0 Å². The van der Waals surface area contributed by atoms with E-state index in [9.17, 15) is 13.2 Å². The highest BCUT2D eigenvalue weighted by Gasteiger charge is 2.16. The Morgan fingerprint density at radius 2 is 1.74 bits per heavy atom. The third kappa shape index (κ3) is 6.09. The molecule has 10 nitrogen and oxygen atoms in total. The largest absolute Gasteiger partial charge is 0.494 e. The Kier molecular flexibility index (Phi) is 7.17. The quantitative estimate of drug-likeness (QED) is 0.269. The molecule has 0 bridgehead atoms. The Morgan fingerprint density at radius 1 is 1.03 bits per heavy atom. The number of carbonyl (C=O) groups excluding carboxylic acids is 1. The molecule has 11 heteroatoms. The summed E-state index contributed by atoms with van der Waals surface area (Å²) in [6.45, 7) is 2.43. The van der Waals surface area contributed by atoms with Gasteiger partial charge in [0.05, 0.1) is 17.7 Å². The molecule has 4 rings (SSSR count). The normalized spacial score (nSPS) is 11.3. The van der Waals surface area contributed by atoms with E-state index in [1.807, 2.05) is 6.92 Å². The predicted molar refractivity (Wildman–Crippen MR) is 130 cm³/mol. The van der Waals surface area contributed by atoms with Gasteiger partial charge in [0.2, 0.25) is 5.95 Å². The number of hydrogen-bond acceptors (Lipinski definition) is 8. The van der Waals surface area contributed by atoms with Gasteiger partial charge in [-0.2, -0.15) is 5.10 Å². The molecule has 0 saturated heterocycles. The van der Waals surface area contributed by atoms with Gasteiger partial charge in [-0.05, 0) is 73.7 Å². The molecular weight excluding hydrogens is 470 g/mol. The fourth-order valence-corrected chi connectivity index (χ4v) is 3.95. The molecule has 2 N–H and O–H groups in total. The second-order valence-corrected chi connectivity index (χ2v) is 8.74. The van der Waals surface area contributed by atoms with Crippen LogP contribution in [0.1, 0.15) is 23.0 Å². The second-order valence-electron chi connectivity index (χ2n) is 7.06. The number of amides is 1. The first-order chi connectivity index (χ1) is 16.9. The van der Waals surface area contributed by atoms with E-state index < -0.39 is 10.0 Å². The van der Waals surface area contributed by atoms with Crippen molar-refractivity contribution in [3.8, 4) is 17.1 Å². The highest BCUT2D eigenvalue weighted by atomic mass is 32.2. The van der Waals surface area contributed by atoms with Crippen molar-refractivity contribution in [2.45, 2.75) is 11.8 Å². The molecule has 4 aromatic rings. The van der Waals surface area contributed by atoms with Gasteiger partial charge in [0, 0.05) is 23.5 Å². The van der Waals surface area contributed by atoms with Gasteiger partial charge in [0.25, 0.3) is 15.9 Å². The number of rotatable bonds is 9. The highest BCUT2D eigenvalue weighted by molar-refractivity contribution is 7.92. The highest BCUT2D eigenvalue weighted by Crippen LogP contribution is 2.24. The summed E-state index contributed by atoms with van der Waals surface area (Å²) in [5, 5.41) is 3.92. The van der Waals surface area contributed by atoms with Gasteiger partial charge in [0.15, 0.2) is 0 Å². The van der Waals surface area contributed by atoms with Crippen molar-refractivity contribution >= 4 is 28.1 Å². The molecule has 0 aliphatic carbocycles. The fraction of sp³-hybridized carbons (Fsp3) is 0.0833. The summed E-state index contributed by atoms with van der Waals surface area (Å²) in [7, 11) is -3.83. The zero-order valence-corrected chi connectivity index (χ0v) is 19.4. The minimum atomic E-state index is -3.83. The lowest BCUT2D eigenvalue weighted by Crippen LogP contribution is -2.17. The molecule has 1 amide bonds. The van der Waals surface area contributed by atoms with E-state index in [1.165, 1.54) is 30.7 Å². The molecule has 0 unspecified atom stereocenters. The van der Waals surface area contributed by atoms with Crippen LogP contribution in [0, 0.1) is 0 Å². The molecule has 2 heterocycles. The fourth-order valence-electron chi connectivity index (χ4n) is 2.99. The van der Waals surface area contributed by atoms with Crippen molar-refractivity contribution in [3.05, 3.63) is 90.4 Å². The van der Waals surface area contributed by atoms with Crippen molar-refractivity contribution in [2.24, 2.45) is 5.10 Å². The van der Waals surface area contributed by atoms with Gasteiger partial charge in [-0.3, -0.25) is 4.79 Å². The first-order valence-electron chi connectivity index (χ1n) is 10.5. The lowest BCUT2D eigenvalue weighted by Gasteiger charge is -2.06. The average Bonchev–Trinajstić information content (AvgIpc) is 3.34. The number of hydrogen-bond donors (Lipinski definition) is 2. The molecule has 35 heavy (non-hydrogen) atoms. The molecule has 0 spiro atoms. The van der Waals surface area contributed by atoms with Gasteiger partial charge in [-0.15, -0.1) is 0 Å². The summed E-state index contributed by atoms with van der Waals surface area (Å²) in [5.41, 5.74) is 3.54. The maximum atomic E-state index is 12.5. The van der Waals surface area contributed by atoms with Crippen molar-refractivity contribution in [1.29, 1.82) is 0 Å². The molecule has 0 saturated carbocycles. The van der Waals surface area contributed by atoms with E-state index in [0.717, 1.165) is 0 Å². The second kappa shape index (κ2) is 10.6. The van der Waals surface area contributed by atoms with E-state index in [4.69, 9.17) is 9.15 Å². The summed E-state index contributed by atoms with van der Waals surface area (Å²) in [6.07, 6.45) is 4.26. The monoisotopic (exact) mass is 491 g/mol. The van der Waals surface area contributed by atoms with E-state index >= 15 is 0 Å². The van der Waals surface area contributed by atoms with E-state index in [2.05, 4.69) is 25.2 Å². The van der Waals surface area contributed by atoms with Crippen LogP contribution >= 0.6 is 0 Å². The number of hydrazone groups is 1. The number of sulfonamides is 1. The lowest BCUT2D eigenvalue weighted by atomic mass is 10.2. The molecule has 2 aromatic carbocycles. The molecule has 0 fully saturated rings. The number of aromatic nitrogens is 2. The number of ether oxygens (including phenoxy) is 1. The minimum absolute atomic E-state index is 0.0128. The third-order valence-corrected chi connectivity index (χ3v) is 6.00. The molecule has 178 valence electrons. The van der Waals surface area contributed by atoms with Crippen LogP contribution in [-0.2, 0) is 10.0 Å². The number of anilines is 1. The van der Waals surface area contributed by atoms with E-state index in [-0.39, 0.29) is 16.8 Å². The van der Waals surface area contributed by atoms with Crippen LogP contribution in [0.4, 0.5) is 5.95 Å². The number of carbonyl (C=O) groups is 1. The third-order valence-electron chi connectivity index (χ3n) is 4.65. The van der Waals surface area contributed by atoms with Crippen molar-refractivity contribution in [1.82, 2.24) is 15.4 Å². The number of benzene rings is 2. The van der Waals surface area contributed by atoms with Crippen LogP contribution in [0.25, 0.3) is 11.3 Å². The van der Waals surface area contributed by atoms with Gasteiger partial charge < -0.3 is 9.15 Å². The molecule has 0 atom stereocenters. The van der Waals surface area contributed by atoms with E-state index in [0.29, 0.717) is 35.0 Å². The Hall–Kier alpha value is -4.51. The maximum Gasteiger partial charge on any atom is 0.271 e.